The minimum Gasteiger partial charge on any atom is -0.457 e. The van der Waals surface area contributed by atoms with Gasteiger partial charge in [-0.3, -0.25) is 15.1 Å². The molecule has 7 heteroatoms. The number of benzene rings is 2. The molecule has 0 atom stereocenters. The third kappa shape index (κ3) is 4.99. The highest BCUT2D eigenvalue weighted by Gasteiger charge is 2.08. The van der Waals surface area contributed by atoms with Crippen LogP contribution in [-0.4, -0.2) is 16.0 Å². The van der Waals surface area contributed by atoms with E-state index in [1.165, 1.54) is 6.08 Å². The largest absolute Gasteiger partial charge is 0.457 e. The number of hydrogen-bond acceptors (Lipinski definition) is 4. The summed E-state index contributed by atoms with van der Waals surface area (Å²) in [4.78, 5) is 16.6. The van der Waals surface area contributed by atoms with Crippen LogP contribution in [0.25, 0.3) is 28.3 Å². The standard InChI is InChI=1S/C24H18ClN3O2S/c1-15-7-8-17(14-19(15)25)21-11-9-18(30-21)10-12-22(29)28-24(31)27-20-6-2-4-16-5-3-13-26-23(16)20/h2-14H,1H3,(H2,27,28,29,31)/b12-10+. The first kappa shape index (κ1) is 20.8. The van der Waals surface area contributed by atoms with Crippen LogP contribution < -0.4 is 10.6 Å². The van der Waals surface area contributed by atoms with Gasteiger partial charge in [-0.25, -0.2) is 0 Å². The van der Waals surface area contributed by atoms with E-state index in [1.807, 2.05) is 61.5 Å². The number of amides is 1. The van der Waals surface area contributed by atoms with Crippen molar-refractivity contribution in [2.24, 2.45) is 0 Å². The van der Waals surface area contributed by atoms with Gasteiger partial charge in [0.05, 0.1) is 11.2 Å². The highest BCUT2D eigenvalue weighted by atomic mass is 35.5. The second kappa shape index (κ2) is 9.12. The number of fused-ring (bicyclic) bond motifs is 1. The average Bonchev–Trinajstić information content (AvgIpc) is 3.23. The first-order valence-corrected chi connectivity index (χ1v) is 10.3. The Hall–Kier alpha value is -3.48. The Morgan fingerprint density at radius 3 is 2.81 bits per heavy atom. The molecule has 31 heavy (non-hydrogen) atoms. The minimum absolute atomic E-state index is 0.183. The van der Waals surface area contributed by atoms with E-state index >= 15 is 0 Å². The van der Waals surface area contributed by atoms with Crippen molar-refractivity contribution in [1.29, 1.82) is 0 Å². The molecule has 4 aromatic rings. The van der Waals surface area contributed by atoms with Crippen LogP contribution in [0.5, 0.6) is 0 Å². The molecule has 0 fully saturated rings. The number of aromatic nitrogens is 1. The van der Waals surface area contributed by atoms with Crippen molar-refractivity contribution >= 4 is 57.5 Å². The molecule has 2 aromatic heterocycles. The van der Waals surface area contributed by atoms with Gasteiger partial charge in [-0.15, -0.1) is 0 Å². The molecule has 4 rings (SSSR count). The quantitative estimate of drug-likeness (QED) is 0.297. The van der Waals surface area contributed by atoms with E-state index in [1.54, 1.807) is 18.3 Å². The summed E-state index contributed by atoms with van der Waals surface area (Å²) in [7, 11) is 0. The molecule has 0 unspecified atom stereocenters. The predicted octanol–water partition coefficient (Wildman–Crippen LogP) is 5.98. The molecule has 0 bridgehead atoms. The van der Waals surface area contributed by atoms with Crippen LogP contribution in [-0.2, 0) is 4.79 Å². The Morgan fingerprint density at radius 1 is 1.13 bits per heavy atom. The third-order valence-corrected chi connectivity index (χ3v) is 5.21. The van der Waals surface area contributed by atoms with Gasteiger partial charge in [-0.05, 0) is 61.1 Å². The molecule has 0 saturated carbocycles. The van der Waals surface area contributed by atoms with Crippen LogP contribution in [0.15, 0.2) is 77.4 Å². The molecule has 0 radical (unpaired) electrons. The summed E-state index contributed by atoms with van der Waals surface area (Å²) >= 11 is 11.4. The predicted molar refractivity (Wildman–Crippen MR) is 129 cm³/mol. The number of anilines is 1. The van der Waals surface area contributed by atoms with Crippen LogP contribution in [0.3, 0.4) is 0 Å². The Labute approximate surface area is 189 Å². The molecule has 5 nitrogen and oxygen atoms in total. The van der Waals surface area contributed by atoms with Gasteiger partial charge in [0.25, 0.3) is 0 Å². The van der Waals surface area contributed by atoms with E-state index < -0.39 is 0 Å². The second-order valence-electron chi connectivity index (χ2n) is 6.82. The maximum Gasteiger partial charge on any atom is 0.250 e. The number of halogens is 1. The first-order valence-electron chi connectivity index (χ1n) is 9.50. The number of furan rings is 1. The van der Waals surface area contributed by atoms with Gasteiger partial charge < -0.3 is 9.73 Å². The smallest absolute Gasteiger partial charge is 0.250 e. The van der Waals surface area contributed by atoms with Crippen molar-refractivity contribution in [3.8, 4) is 11.3 Å². The zero-order chi connectivity index (χ0) is 21.8. The Morgan fingerprint density at radius 2 is 1.97 bits per heavy atom. The lowest BCUT2D eigenvalue weighted by Crippen LogP contribution is -2.32. The van der Waals surface area contributed by atoms with Crippen LogP contribution in [0.4, 0.5) is 5.69 Å². The number of thiocarbonyl (C=S) groups is 1. The zero-order valence-electron chi connectivity index (χ0n) is 16.6. The summed E-state index contributed by atoms with van der Waals surface area (Å²) in [6.07, 6.45) is 4.65. The lowest BCUT2D eigenvalue weighted by Gasteiger charge is -2.10. The van der Waals surface area contributed by atoms with Gasteiger partial charge in [-0.1, -0.05) is 41.9 Å². The van der Waals surface area contributed by atoms with Crippen LogP contribution in [0.1, 0.15) is 11.3 Å². The number of hydrogen-bond donors (Lipinski definition) is 2. The van der Waals surface area contributed by atoms with Crippen molar-refractivity contribution in [3.05, 3.63) is 89.3 Å². The van der Waals surface area contributed by atoms with Gasteiger partial charge in [0.2, 0.25) is 5.91 Å². The number of para-hydroxylation sites is 1. The number of pyridine rings is 1. The normalized spacial score (nSPS) is 11.0. The molecule has 0 aliphatic rings. The van der Waals surface area contributed by atoms with Gasteiger partial charge in [0.1, 0.15) is 11.5 Å². The number of nitrogens with zero attached hydrogens (tertiary/aromatic N) is 1. The van der Waals surface area contributed by atoms with E-state index in [0.29, 0.717) is 16.5 Å². The molecule has 1 amide bonds. The third-order valence-electron chi connectivity index (χ3n) is 4.60. The molecule has 2 N–H and O–H groups in total. The number of carbonyl (C=O) groups is 1. The fraction of sp³-hybridized carbons (Fsp3) is 0.0417. The van der Waals surface area contributed by atoms with E-state index in [0.717, 1.165) is 27.7 Å². The summed E-state index contributed by atoms with van der Waals surface area (Å²) in [5.41, 5.74) is 3.36. The van der Waals surface area contributed by atoms with Crippen molar-refractivity contribution in [1.82, 2.24) is 10.3 Å². The molecular formula is C24H18ClN3O2S. The Kier molecular flexibility index (Phi) is 6.11. The SMILES string of the molecule is Cc1ccc(-c2ccc(/C=C/C(=O)NC(=S)Nc3cccc4cccnc34)o2)cc1Cl. The fourth-order valence-corrected chi connectivity index (χ4v) is 3.40. The Bertz CT molecular complexity index is 1310. The van der Waals surface area contributed by atoms with Gasteiger partial charge >= 0.3 is 0 Å². The fourth-order valence-electron chi connectivity index (χ4n) is 3.01. The molecule has 2 heterocycles. The lowest BCUT2D eigenvalue weighted by atomic mass is 10.1. The summed E-state index contributed by atoms with van der Waals surface area (Å²) in [6.45, 7) is 1.94. The van der Waals surface area contributed by atoms with Gasteiger partial charge in [0.15, 0.2) is 5.11 Å². The summed E-state index contributed by atoms with van der Waals surface area (Å²) in [5.74, 6) is 0.837. The Balaban J connectivity index is 1.39. The number of carbonyl (C=O) groups excluding carboxylic acids is 1. The summed E-state index contributed by atoms with van der Waals surface area (Å²) in [6, 6.07) is 18.9. The van der Waals surface area contributed by atoms with Crippen LogP contribution >= 0.6 is 23.8 Å². The molecular weight excluding hydrogens is 430 g/mol. The van der Waals surface area contributed by atoms with Crippen molar-refractivity contribution in [2.45, 2.75) is 6.92 Å². The lowest BCUT2D eigenvalue weighted by molar-refractivity contribution is -0.115. The van der Waals surface area contributed by atoms with E-state index in [4.69, 9.17) is 28.2 Å². The monoisotopic (exact) mass is 447 g/mol. The highest BCUT2D eigenvalue weighted by Crippen LogP contribution is 2.27. The number of nitrogens with one attached hydrogen (secondary N) is 2. The van der Waals surface area contributed by atoms with Crippen LogP contribution in [0, 0.1) is 6.92 Å². The van der Waals surface area contributed by atoms with Crippen molar-refractivity contribution < 1.29 is 9.21 Å². The number of aryl methyl sites for hydroxylation is 1. The zero-order valence-corrected chi connectivity index (χ0v) is 18.1. The topological polar surface area (TPSA) is 67.2 Å². The van der Waals surface area contributed by atoms with E-state index in [2.05, 4.69) is 15.6 Å². The van der Waals surface area contributed by atoms with E-state index in [9.17, 15) is 4.79 Å². The van der Waals surface area contributed by atoms with Gasteiger partial charge in [0, 0.05) is 28.2 Å². The number of rotatable bonds is 4. The first-order chi connectivity index (χ1) is 15.0. The minimum atomic E-state index is -0.373. The maximum absolute atomic E-state index is 12.2. The van der Waals surface area contributed by atoms with Crippen molar-refractivity contribution in [3.63, 3.8) is 0 Å². The molecule has 0 aliphatic heterocycles. The van der Waals surface area contributed by atoms with Crippen LogP contribution in [0.2, 0.25) is 5.02 Å². The van der Waals surface area contributed by atoms with E-state index in [-0.39, 0.29) is 11.0 Å². The molecule has 0 saturated heterocycles. The second-order valence-corrected chi connectivity index (χ2v) is 7.64. The summed E-state index contributed by atoms with van der Waals surface area (Å²) in [5, 5.41) is 7.47. The highest BCUT2D eigenvalue weighted by molar-refractivity contribution is 7.80. The van der Waals surface area contributed by atoms with Gasteiger partial charge in [-0.2, -0.15) is 0 Å². The molecule has 0 spiro atoms. The molecule has 2 aromatic carbocycles. The summed E-state index contributed by atoms with van der Waals surface area (Å²) < 4.78 is 5.78. The molecule has 0 aliphatic carbocycles. The maximum atomic E-state index is 12.2. The van der Waals surface area contributed by atoms with Crippen molar-refractivity contribution in [2.75, 3.05) is 5.32 Å². The average molecular weight is 448 g/mol. The molecule has 154 valence electrons.